The lowest BCUT2D eigenvalue weighted by molar-refractivity contribution is 0.0359. The van der Waals surface area contributed by atoms with Gasteiger partial charge in [0.15, 0.2) is 0 Å². The highest BCUT2D eigenvalue weighted by atomic mass is 16.5. The van der Waals surface area contributed by atoms with E-state index in [-0.39, 0.29) is 0 Å². The third-order valence-corrected chi connectivity index (χ3v) is 3.26. The third-order valence-electron chi connectivity index (χ3n) is 3.26. The van der Waals surface area contributed by atoms with Crippen LogP contribution < -0.4 is 0 Å². The van der Waals surface area contributed by atoms with Gasteiger partial charge >= 0.3 is 0 Å². The molecule has 0 spiro atoms. The van der Waals surface area contributed by atoms with Crippen LogP contribution in [0.25, 0.3) is 0 Å². The van der Waals surface area contributed by atoms with Crippen LogP contribution in [0.15, 0.2) is 24.3 Å². The zero-order chi connectivity index (χ0) is 13.5. The smallest absolute Gasteiger partial charge is 0.0900 e. The minimum atomic E-state index is -0.416. The number of ether oxygens (including phenoxy) is 1. The van der Waals surface area contributed by atoms with Crippen LogP contribution in [0.3, 0.4) is 0 Å². The molecular weight excluding hydrogens is 226 g/mol. The second kappa shape index (κ2) is 7.52. The molecule has 0 amide bonds. The van der Waals surface area contributed by atoms with Crippen LogP contribution in [0.2, 0.25) is 0 Å². The second-order valence-electron chi connectivity index (χ2n) is 5.09. The molecule has 1 rings (SSSR count). The molecule has 1 N–H and O–H groups in total. The fraction of sp³-hybridized carbons (Fsp3) is 0.600. The van der Waals surface area contributed by atoms with Crippen LogP contribution in [0.5, 0.6) is 0 Å². The number of methoxy groups -OCH3 is 1. The summed E-state index contributed by atoms with van der Waals surface area (Å²) in [4.78, 5) is 2.17. The number of aliphatic hydroxyl groups is 1. The number of rotatable bonds is 7. The van der Waals surface area contributed by atoms with E-state index >= 15 is 0 Å². The van der Waals surface area contributed by atoms with Crippen molar-refractivity contribution in [1.82, 2.24) is 4.90 Å². The molecule has 0 aliphatic heterocycles. The van der Waals surface area contributed by atoms with Crippen molar-refractivity contribution in [1.29, 1.82) is 0 Å². The first-order chi connectivity index (χ1) is 8.52. The van der Waals surface area contributed by atoms with E-state index in [1.807, 2.05) is 7.05 Å². The van der Waals surface area contributed by atoms with Crippen molar-refractivity contribution in [3.8, 4) is 0 Å². The van der Waals surface area contributed by atoms with E-state index in [0.29, 0.717) is 19.2 Å². The Morgan fingerprint density at radius 1 is 1.28 bits per heavy atom. The van der Waals surface area contributed by atoms with Crippen molar-refractivity contribution in [3.05, 3.63) is 35.4 Å². The summed E-state index contributed by atoms with van der Waals surface area (Å²) < 4.78 is 4.94. The van der Waals surface area contributed by atoms with Crippen LogP contribution in [-0.2, 0) is 11.2 Å². The highest BCUT2D eigenvalue weighted by Gasteiger charge is 2.14. The Hall–Kier alpha value is -0.900. The van der Waals surface area contributed by atoms with Crippen LogP contribution in [0, 0.1) is 6.92 Å². The number of likely N-dealkylation sites (N-methyl/N-ethyl adjacent to an activating group) is 1. The fourth-order valence-electron chi connectivity index (χ4n) is 1.98. The molecule has 18 heavy (non-hydrogen) atoms. The molecule has 0 aromatic heterocycles. The molecule has 102 valence electrons. The van der Waals surface area contributed by atoms with Gasteiger partial charge in [-0.25, -0.2) is 0 Å². The minimum Gasteiger partial charge on any atom is -0.389 e. The van der Waals surface area contributed by atoms with Crippen LogP contribution in [0.1, 0.15) is 18.1 Å². The zero-order valence-electron chi connectivity index (χ0n) is 11.9. The molecule has 0 aliphatic rings. The molecule has 0 heterocycles. The summed E-state index contributed by atoms with van der Waals surface area (Å²) in [7, 11) is 3.65. The van der Waals surface area contributed by atoms with Crippen LogP contribution in [-0.4, -0.2) is 49.5 Å². The van der Waals surface area contributed by atoms with Gasteiger partial charge in [-0.2, -0.15) is 0 Å². The van der Waals surface area contributed by atoms with Gasteiger partial charge < -0.3 is 14.7 Å². The predicted molar refractivity (Wildman–Crippen MR) is 74.9 cm³/mol. The van der Waals surface area contributed by atoms with E-state index in [1.165, 1.54) is 11.1 Å². The van der Waals surface area contributed by atoms with E-state index in [1.54, 1.807) is 7.11 Å². The first kappa shape index (κ1) is 15.2. The first-order valence-electron chi connectivity index (χ1n) is 6.45. The van der Waals surface area contributed by atoms with Crippen molar-refractivity contribution >= 4 is 0 Å². The van der Waals surface area contributed by atoms with Gasteiger partial charge in [-0.05, 0) is 32.9 Å². The molecule has 0 bridgehead atoms. The largest absolute Gasteiger partial charge is 0.389 e. The SMILES string of the molecule is COC[C@@H](O)CN(C)[C@@H](C)Cc1ccc(C)cc1. The Bertz CT molecular complexity index is 337. The van der Waals surface area contributed by atoms with Gasteiger partial charge in [0.2, 0.25) is 0 Å². The lowest BCUT2D eigenvalue weighted by atomic mass is 10.0. The topological polar surface area (TPSA) is 32.7 Å². The van der Waals surface area contributed by atoms with Gasteiger partial charge in [-0.15, -0.1) is 0 Å². The van der Waals surface area contributed by atoms with E-state index in [9.17, 15) is 5.11 Å². The molecule has 3 nitrogen and oxygen atoms in total. The molecule has 0 radical (unpaired) electrons. The van der Waals surface area contributed by atoms with E-state index in [0.717, 1.165) is 6.42 Å². The lowest BCUT2D eigenvalue weighted by Gasteiger charge is -2.26. The molecule has 0 unspecified atom stereocenters. The van der Waals surface area contributed by atoms with Crippen molar-refractivity contribution in [2.75, 3.05) is 27.3 Å². The molecule has 1 aromatic rings. The summed E-state index contributed by atoms with van der Waals surface area (Å²) in [6.45, 7) is 5.31. The summed E-state index contributed by atoms with van der Waals surface area (Å²) in [5.41, 5.74) is 2.62. The highest BCUT2D eigenvalue weighted by Crippen LogP contribution is 2.09. The molecule has 0 aliphatic carbocycles. The summed E-state index contributed by atoms with van der Waals surface area (Å²) in [5.74, 6) is 0. The Morgan fingerprint density at radius 2 is 1.89 bits per heavy atom. The Morgan fingerprint density at radius 3 is 2.44 bits per heavy atom. The monoisotopic (exact) mass is 251 g/mol. The van der Waals surface area contributed by atoms with Crippen LogP contribution >= 0.6 is 0 Å². The summed E-state index contributed by atoms with van der Waals surface area (Å²) >= 11 is 0. The van der Waals surface area contributed by atoms with Gasteiger partial charge in [-0.1, -0.05) is 29.8 Å². The fourth-order valence-corrected chi connectivity index (χ4v) is 1.98. The molecule has 3 heteroatoms. The molecule has 0 saturated carbocycles. The van der Waals surface area contributed by atoms with E-state index < -0.39 is 6.10 Å². The van der Waals surface area contributed by atoms with Gasteiger partial charge in [-0.3, -0.25) is 0 Å². The first-order valence-corrected chi connectivity index (χ1v) is 6.45. The van der Waals surface area contributed by atoms with Gasteiger partial charge in [0.1, 0.15) is 0 Å². The predicted octanol–water partition coefficient (Wildman–Crippen LogP) is 1.87. The van der Waals surface area contributed by atoms with Crippen LogP contribution in [0.4, 0.5) is 0 Å². The van der Waals surface area contributed by atoms with Crippen molar-refractivity contribution in [3.63, 3.8) is 0 Å². The molecule has 1 aromatic carbocycles. The van der Waals surface area contributed by atoms with Crippen molar-refractivity contribution in [2.24, 2.45) is 0 Å². The molecule has 0 saturated heterocycles. The molecule has 0 fully saturated rings. The number of aryl methyl sites for hydroxylation is 1. The Balaban J connectivity index is 2.44. The van der Waals surface area contributed by atoms with Gasteiger partial charge in [0, 0.05) is 19.7 Å². The second-order valence-corrected chi connectivity index (χ2v) is 5.09. The number of hydrogen-bond acceptors (Lipinski definition) is 3. The normalized spacial score (nSPS) is 14.8. The Kier molecular flexibility index (Phi) is 6.33. The van der Waals surface area contributed by atoms with Gasteiger partial charge in [0.05, 0.1) is 12.7 Å². The lowest BCUT2D eigenvalue weighted by Crippen LogP contribution is -2.38. The summed E-state index contributed by atoms with van der Waals surface area (Å²) in [5, 5.41) is 9.70. The molecule has 2 atom stereocenters. The maximum Gasteiger partial charge on any atom is 0.0900 e. The van der Waals surface area contributed by atoms with E-state index in [2.05, 4.69) is 43.0 Å². The third kappa shape index (κ3) is 5.17. The molecular formula is C15H25NO2. The quantitative estimate of drug-likeness (QED) is 0.803. The van der Waals surface area contributed by atoms with Crippen molar-refractivity contribution < 1.29 is 9.84 Å². The maximum atomic E-state index is 9.70. The van der Waals surface area contributed by atoms with Crippen molar-refractivity contribution in [2.45, 2.75) is 32.4 Å². The maximum absolute atomic E-state index is 9.70. The minimum absolute atomic E-state index is 0.390. The Labute approximate surface area is 110 Å². The highest BCUT2D eigenvalue weighted by molar-refractivity contribution is 5.21. The summed E-state index contributed by atoms with van der Waals surface area (Å²) in [6.07, 6.45) is 0.580. The standard InChI is InChI=1S/C15H25NO2/c1-12-5-7-14(8-6-12)9-13(2)16(3)10-15(17)11-18-4/h5-8,13,15,17H,9-11H2,1-4H3/t13-,15-/m0/s1. The van der Waals surface area contributed by atoms with Gasteiger partial charge in [0.25, 0.3) is 0 Å². The zero-order valence-corrected chi connectivity index (χ0v) is 11.9. The average molecular weight is 251 g/mol. The summed E-state index contributed by atoms with van der Waals surface area (Å²) in [6, 6.07) is 9.03. The van der Waals surface area contributed by atoms with E-state index in [4.69, 9.17) is 4.74 Å². The number of aliphatic hydroxyl groups excluding tert-OH is 1. The number of hydrogen-bond donors (Lipinski definition) is 1. The average Bonchev–Trinajstić information content (AvgIpc) is 2.32. The number of benzene rings is 1. The number of nitrogens with zero attached hydrogens (tertiary/aromatic N) is 1.